The fourth-order valence-corrected chi connectivity index (χ4v) is 2.12. The van der Waals surface area contributed by atoms with Gasteiger partial charge in [-0.05, 0) is 29.8 Å². The van der Waals surface area contributed by atoms with Crippen LogP contribution in [0.25, 0.3) is 10.9 Å². The standard InChI is InChI=1S/C15H13NO2/c17-14(15-6-3-9-18-15)10-11-7-8-16-13-5-2-1-4-12(11)13/h1-9,14,17H,10H2. The number of aliphatic hydroxyl groups excluding tert-OH is 1. The number of aliphatic hydroxyl groups is 1. The molecule has 2 aromatic heterocycles. The SMILES string of the molecule is OC(Cc1ccnc2ccccc12)c1ccco1. The highest BCUT2D eigenvalue weighted by atomic mass is 16.4. The Morgan fingerprint density at radius 1 is 1.11 bits per heavy atom. The van der Waals surface area contributed by atoms with Gasteiger partial charge in [0.1, 0.15) is 11.9 Å². The molecule has 0 fully saturated rings. The molecular weight excluding hydrogens is 226 g/mol. The van der Waals surface area contributed by atoms with Gasteiger partial charge in [0.05, 0.1) is 11.8 Å². The average molecular weight is 239 g/mol. The molecule has 3 nitrogen and oxygen atoms in total. The van der Waals surface area contributed by atoms with Gasteiger partial charge in [-0.1, -0.05) is 18.2 Å². The molecule has 18 heavy (non-hydrogen) atoms. The van der Waals surface area contributed by atoms with Crippen molar-refractivity contribution in [2.75, 3.05) is 0 Å². The lowest BCUT2D eigenvalue weighted by molar-refractivity contribution is 0.150. The minimum atomic E-state index is -0.620. The second-order valence-corrected chi connectivity index (χ2v) is 4.22. The zero-order valence-electron chi connectivity index (χ0n) is 9.78. The Labute approximate surface area is 105 Å². The predicted octanol–water partition coefficient (Wildman–Crippen LogP) is 3.10. The van der Waals surface area contributed by atoms with Crippen molar-refractivity contribution < 1.29 is 9.52 Å². The van der Waals surface area contributed by atoms with E-state index in [9.17, 15) is 5.11 Å². The molecule has 0 saturated carbocycles. The van der Waals surface area contributed by atoms with Crippen LogP contribution in [0.5, 0.6) is 0 Å². The maximum atomic E-state index is 10.1. The number of nitrogens with zero attached hydrogens (tertiary/aromatic N) is 1. The lowest BCUT2D eigenvalue weighted by Crippen LogP contribution is -2.01. The molecule has 1 unspecified atom stereocenters. The molecule has 0 bridgehead atoms. The molecule has 1 aromatic carbocycles. The summed E-state index contributed by atoms with van der Waals surface area (Å²) in [7, 11) is 0. The van der Waals surface area contributed by atoms with E-state index in [4.69, 9.17) is 4.42 Å². The Bertz CT molecular complexity index is 641. The Morgan fingerprint density at radius 3 is 2.83 bits per heavy atom. The van der Waals surface area contributed by atoms with Crippen LogP contribution >= 0.6 is 0 Å². The van der Waals surface area contributed by atoms with Crippen molar-refractivity contribution in [3.8, 4) is 0 Å². The van der Waals surface area contributed by atoms with Crippen molar-refractivity contribution in [2.24, 2.45) is 0 Å². The minimum absolute atomic E-state index is 0.524. The van der Waals surface area contributed by atoms with Crippen molar-refractivity contribution in [2.45, 2.75) is 12.5 Å². The topological polar surface area (TPSA) is 46.3 Å². The summed E-state index contributed by atoms with van der Waals surface area (Å²) >= 11 is 0. The fraction of sp³-hybridized carbons (Fsp3) is 0.133. The highest BCUT2D eigenvalue weighted by Gasteiger charge is 2.12. The van der Waals surface area contributed by atoms with Gasteiger partial charge in [-0.2, -0.15) is 0 Å². The van der Waals surface area contributed by atoms with E-state index < -0.39 is 6.10 Å². The average Bonchev–Trinajstić information content (AvgIpc) is 2.93. The number of rotatable bonds is 3. The summed E-state index contributed by atoms with van der Waals surface area (Å²) in [5, 5.41) is 11.2. The van der Waals surface area contributed by atoms with Crippen LogP contribution in [-0.2, 0) is 6.42 Å². The van der Waals surface area contributed by atoms with E-state index in [-0.39, 0.29) is 0 Å². The second kappa shape index (κ2) is 4.63. The van der Waals surface area contributed by atoms with E-state index in [1.807, 2.05) is 30.3 Å². The molecule has 0 aliphatic heterocycles. The number of furan rings is 1. The monoisotopic (exact) mass is 239 g/mol. The summed E-state index contributed by atoms with van der Waals surface area (Å²) in [4.78, 5) is 4.31. The van der Waals surface area contributed by atoms with Crippen LogP contribution in [-0.4, -0.2) is 10.1 Å². The Balaban J connectivity index is 1.95. The molecule has 0 amide bonds. The number of benzene rings is 1. The van der Waals surface area contributed by atoms with Gasteiger partial charge in [-0.15, -0.1) is 0 Å². The summed E-state index contributed by atoms with van der Waals surface area (Å²) < 4.78 is 5.21. The first-order chi connectivity index (χ1) is 8.84. The van der Waals surface area contributed by atoms with Crippen molar-refractivity contribution >= 4 is 10.9 Å². The Morgan fingerprint density at radius 2 is 2.00 bits per heavy atom. The van der Waals surface area contributed by atoms with Gasteiger partial charge >= 0.3 is 0 Å². The molecular formula is C15H13NO2. The van der Waals surface area contributed by atoms with Crippen LogP contribution < -0.4 is 0 Å². The Kier molecular flexibility index (Phi) is 2.82. The number of aromatic nitrogens is 1. The molecule has 2 heterocycles. The molecule has 3 heteroatoms. The summed E-state index contributed by atoms with van der Waals surface area (Å²) in [6.45, 7) is 0. The molecule has 3 aromatic rings. The van der Waals surface area contributed by atoms with E-state index in [0.717, 1.165) is 16.5 Å². The number of hydrogen-bond donors (Lipinski definition) is 1. The van der Waals surface area contributed by atoms with E-state index in [2.05, 4.69) is 4.98 Å². The van der Waals surface area contributed by atoms with Crippen molar-refractivity contribution in [1.29, 1.82) is 0 Å². The summed E-state index contributed by atoms with van der Waals surface area (Å²) in [6.07, 6.45) is 3.25. The second-order valence-electron chi connectivity index (χ2n) is 4.22. The molecule has 0 radical (unpaired) electrons. The van der Waals surface area contributed by atoms with Crippen LogP contribution in [0.15, 0.2) is 59.3 Å². The Hall–Kier alpha value is -2.13. The normalized spacial score (nSPS) is 12.7. The van der Waals surface area contributed by atoms with Gasteiger partial charge in [-0.3, -0.25) is 4.98 Å². The summed E-state index contributed by atoms with van der Waals surface area (Å²) in [6, 6.07) is 13.4. The van der Waals surface area contributed by atoms with E-state index in [1.165, 1.54) is 0 Å². The number of para-hydroxylation sites is 1. The van der Waals surface area contributed by atoms with E-state index in [0.29, 0.717) is 12.2 Å². The fourth-order valence-electron chi connectivity index (χ4n) is 2.12. The highest BCUT2D eigenvalue weighted by Crippen LogP contribution is 2.23. The third-order valence-corrected chi connectivity index (χ3v) is 3.02. The lowest BCUT2D eigenvalue weighted by atomic mass is 10.0. The molecule has 0 spiro atoms. The number of fused-ring (bicyclic) bond motifs is 1. The van der Waals surface area contributed by atoms with Gasteiger partial charge in [0.15, 0.2) is 0 Å². The molecule has 0 aliphatic carbocycles. The first-order valence-corrected chi connectivity index (χ1v) is 5.89. The largest absolute Gasteiger partial charge is 0.467 e. The smallest absolute Gasteiger partial charge is 0.132 e. The third-order valence-electron chi connectivity index (χ3n) is 3.02. The van der Waals surface area contributed by atoms with Crippen LogP contribution in [0.1, 0.15) is 17.4 Å². The third kappa shape index (κ3) is 2.00. The van der Waals surface area contributed by atoms with Crippen LogP contribution in [0, 0.1) is 0 Å². The van der Waals surface area contributed by atoms with Gasteiger partial charge < -0.3 is 9.52 Å². The quantitative estimate of drug-likeness (QED) is 0.763. The van der Waals surface area contributed by atoms with Gasteiger partial charge in [0, 0.05) is 18.0 Å². The minimum Gasteiger partial charge on any atom is -0.467 e. The van der Waals surface area contributed by atoms with Crippen molar-refractivity contribution in [3.63, 3.8) is 0 Å². The van der Waals surface area contributed by atoms with Gasteiger partial charge in [0.2, 0.25) is 0 Å². The van der Waals surface area contributed by atoms with Crippen LogP contribution in [0.2, 0.25) is 0 Å². The molecule has 90 valence electrons. The van der Waals surface area contributed by atoms with E-state index >= 15 is 0 Å². The molecule has 3 rings (SSSR count). The van der Waals surface area contributed by atoms with Gasteiger partial charge in [0.25, 0.3) is 0 Å². The zero-order chi connectivity index (χ0) is 12.4. The van der Waals surface area contributed by atoms with Crippen molar-refractivity contribution in [1.82, 2.24) is 4.98 Å². The first kappa shape index (κ1) is 11.0. The maximum absolute atomic E-state index is 10.1. The predicted molar refractivity (Wildman–Crippen MR) is 69.1 cm³/mol. The maximum Gasteiger partial charge on any atom is 0.132 e. The molecule has 1 N–H and O–H groups in total. The van der Waals surface area contributed by atoms with Crippen LogP contribution in [0.3, 0.4) is 0 Å². The zero-order valence-corrected chi connectivity index (χ0v) is 9.78. The van der Waals surface area contributed by atoms with Gasteiger partial charge in [-0.25, -0.2) is 0 Å². The molecule has 1 atom stereocenters. The van der Waals surface area contributed by atoms with E-state index in [1.54, 1.807) is 24.6 Å². The van der Waals surface area contributed by atoms with Crippen molar-refractivity contribution in [3.05, 3.63) is 66.2 Å². The molecule has 0 aliphatic rings. The lowest BCUT2D eigenvalue weighted by Gasteiger charge is -2.10. The summed E-state index contributed by atoms with van der Waals surface area (Å²) in [5.74, 6) is 0.593. The highest BCUT2D eigenvalue weighted by molar-refractivity contribution is 5.81. The number of hydrogen-bond acceptors (Lipinski definition) is 3. The summed E-state index contributed by atoms with van der Waals surface area (Å²) in [5.41, 5.74) is 2.02. The first-order valence-electron chi connectivity index (χ1n) is 5.89. The number of pyridine rings is 1. The molecule has 0 saturated heterocycles. The van der Waals surface area contributed by atoms with Crippen LogP contribution in [0.4, 0.5) is 0 Å².